The molecule has 2 aromatic carbocycles. The molecule has 1 aromatic heterocycles. The molecule has 3 aromatic rings. The smallest absolute Gasteiger partial charge is 0.387 e. The number of para-hydroxylation sites is 1. The van der Waals surface area contributed by atoms with E-state index in [1.165, 1.54) is 4.57 Å². The lowest BCUT2D eigenvalue weighted by molar-refractivity contribution is -0.143. The van der Waals surface area contributed by atoms with Crippen molar-refractivity contribution in [3.05, 3.63) is 64.0 Å². The monoisotopic (exact) mass is 406 g/mol. The van der Waals surface area contributed by atoms with Crippen LogP contribution in [0.5, 0.6) is 0 Å². The van der Waals surface area contributed by atoms with Crippen molar-refractivity contribution in [2.45, 2.75) is 25.0 Å². The van der Waals surface area contributed by atoms with Gasteiger partial charge in [-0.05, 0) is 35.9 Å². The predicted octanol–water partition coefficient (Wildman–Crippen LogP) is 4.95. The minimum Gasteiger partial charge on any atom is -0.387 e. The molecular formula is C17H12F6N2OS. The number of hydrogen-bond acceptors (Lipinski definition) is 3. The number of rotatable bonds is 3. The summed E-state index contributed by atoms with van der Waals surface area (Å²) in [5, 5.41) is 18.3. The second kappa shape index (κ2) is 6.68. The fourth-order valence-corrected chi connectivity index (χ4v) is 3.59. The Bertz CT molecular complexity index is 1000. The summed E-state index contributed by atoms with van der Waals surface area (Å²) in [5.74, 6) is 0. The van der Waals surface area contributed by atoms with E-state index in [-0.39, 0.29) is 17.4 Å². The molecule has 1 unspecified atom stereocenters. The number of nitrogens with zero attached hydrogens (tertiary/aromatic N) is 1. The second-order valence-electron chi connectivity index (χ2n) is 5.84. The molecule has 3 nitrogen and oxygen atoms in total. The van der Waals surface area contributed by atoms with Crippen molar-refractivity contribution >= 4 is 21.6 Å². The van der Waals surface area contributed by atoms with Crippen LogP contribution in [0.3, 0.4) is 0 Å². The molecule has 0 bridgehead atoms. The Labute approximate surface area is 152 Å². The zero-order valence-electron chi connectivity index (χ0n) is 13.4. The summed E-state index contributed by atoms with van der Waals surface area (Å²) in [6, 6.07) is 7.82. The Morgan fingerprint density at radius 3 is 2.07 bits per heavy atom. The molecule has 0 aliphatic rings. The number of aliphatic hydroxyl groups excluding tert-OH is 1. The van der Waals surface area contributed by atoms with Gasteiger partial charge in [0, 0.05) is 0 Å². The van der Waals surface area contributed by atoms with Crippen molar-refractivity contribution in [2.24, 2.45) is 0 Å². The standard InChI is InChI=1S/C17H12F6N2OS/c18-16(19,20)10-5-9(6-11(7-10)17(21,22)23)13(26)8-25-12-3-1-2-4-14(12)27-15(25)24/h1-7,13,24,26H,8H2. The Kier molecular flexibility index (Phi) is 4.81. The minimum absolute atomic E-state index is 0.0132. The number of thiazole rings is 1. The number of hydrogen-bond donors (Lipinski definition) is 2. The van der Waals surface area contributed by atoms with Gasteiger partial charge in [0.05, 0.1) is 34.0 Å². The lowest BCUT2D eigenvalue weighted by atomic mass is 10.0. The van der Waals surface area contributed by atoms with Gasteiger partial charge < -0.3 is 9.67 Å². The predicted molar refractivity (Wildman–Crippen MR) is 87.1 cm³/mol. The molecule has 0 spiro atoms. The molecular weight excluding hydrogens is 394 g/mol. The van der Waals surface area contributed by atoms with Crippen molar-refractivity contribution in [3.63, 3.8) is 0 Å². The van der Waals surface area contributed by atoms with Gasteiger partial charge in [0.25, 0.3) is 0 Å². The number of benzene rings is 2. The normalized spacial score (nSPS) is 13.9. The van der Waals surface area contributed by atoms with E-state index >= 15 is 0 Å². The van der Waals surface area contributed by atoms with Gasteiger partial charge in [0.1, 0.15) is 0 Å². The minimum atomic E-state index is -4.99. The van der Waals surface area contributed by atoms with Crippen LogP contribution in [0.2, 0.25) is 0 Å². The zero-order valence-corrected chi connectivity index (χ0v) is 14.2. The number of nitrogens with one attached hydrogen (secondary N) is 1. The Morgan fingerprint density at radius 1 is 0.963 bits per heavy atom. The lowest BCUT2D eigenvalue weighted by Crippen LogP contribution is -2.19. The summed E-state index contributed by atoms with van der Waals surface area (Å²) in [6.45, 7) is -0.346. The number of alkyl halides is 6. The summed E-state index contributed by atoms with van der Waals surface area (Å²) in [7, 11) is 0. The second-order valence-corrected chi connectivity index (χ2v) is 6.87. The highest BCUT2D eigenvalue weighted by molar-refractivity contribution is 7.16. The Morgan fingerprint density at radius 2 is 1.52 bits per heavy atom. The molecule has 0 aliphatic carbocycles. The highest BCUT2D eigenvalue weighted by Crippen LogP contribution is 2.37. The van der Waals surface area contributed by atoms with E-state index < -0.39 is 35.1 Å². The fourth-order valence-electron chi connectivity index (χ4n) is 2.67. The van der Waals surface area contributed by atoms with E-state index in [2.05, 4.69) is 0 Å². The van der Waals surface area contributed by atoms with Crippen LogP contribution in [0.25, 0.3) is 10.2 Å². The maximum Gasteiger partial charge on any atom is 0.416 e. The molecule has 0 aliphatic heterocycles. The Hall–Kier alpha value is -2.33. The third-order valence-electron chi connectivity index (χ3n) is 3.96. The highest BCUT2D eigenvalue weighted by Gasteiger charge is 2.37. The van der Waals surface area contributed by atoms with E-state index in [0.717, 1.165) is 16.0 Å². The van der Waals surface area contributed by atoms with Crippen LogP contribution in [-0.4, -0.2) is 9.67 Å². The van der Waals surface area contributed by atoms with Crippen LogP contribution in [0.4, 0.5) is 26.3 Å². The average molecular weight is 406 g/mol. The molecule has 2 N–H and O–H groups in total. The van der Waals surface area contributed by atoms with Crippen LogP contribution in [0.1, 0.15) is 22.8 Å². The summed E-state index contributed by atoms with van der Waals surface area (Å²) in [4.78, 5) is 0.0262. The maximum absolute atomic E-state index is 13.0. The average Bonchev–Trinajstić information content (AvgIpc) is 2.88. The van der Waals surface area contributed by atoms with Gasteiger partial charge >= 0.3 is 12.4 Å². The summed E-state index contributed by atoms with van der Waals surface area (Å²) in [5.41, 5.74) is -2.93. The lowest BCUT2D eigenvalue weighted by Gasteiger charge is -2.18. The van der Waals surface area contributed by atoms with E-state index in [9.17, 15) is 31.4 Å². The van der Waals surface area contributed by atoms with E-state index in [0.29, 0.717) is 17.6 Å². The van der Waals surface area contributed by atoms with Gasteiger partial charge in [-0.3, -0.25) is 5.41 Å². The van der Waals surface area contributed by atoms with Crippen LogP contribution in [-0.2, 0) is 18.9 Å². The largest absolute Gasteiger partial charge is 0.416 e. The molecule has 0 fully saturated rings. The SMILES string of the molecule is N=c1sc2ccccc2n1CC(O)c1cc(C(F)(F)F)cc(C(F)(F)F)c1. The van der Waals surface area contributed by atoms with Crippen molar-refractivity contribution in [3.8, 4) is 0 Å². The molecule has 0 radical (unpaired) electrons. The fraction of sp³-hybridized carbons (Fsp3) is 0.235. The topological polar surface area (TPSA) is 49.0 Å². The zero-order chi connectivity index (χ0) is 20.0. The first-order chi connectivity index (χ1) is 12.5. The van der Waals surface area contributed by atoms with Gasteiger partial charge in [0.2, 0.25) is 0 Å². The molecule has 1 heterocycles. The van der Waals surface area contributed by atoms with Crippen LogP contribution < -0.4 is 4.80 Å². The summed E-state index contributed by atoms with van der Waals surface area (Å²) in [6.07, 6.45) is -11.6. The van der Waals surface area contributed by atoms with E-state index in [1.54, 1.807) is 24.3 Å². The quantitative estimate of drug-likeness (QED) is 0.594. The van der Waals surface area contributed by atoms with E-state index in [4.69, 9.17) is 5.41 Å². The number of aromatic nitrogens is 1. The number of fused-ring (bicyclic) bond motifs is 1. The molecule has 27 heavy (non-hydrogen) atoms. The number of halogens is 6. The third-order valence-corrected chi connectivity index (χ3v) is 4.94. The summed E-state index contributed by atoms with van der Waals surface area (Å²) < 4.78 is 79.9. The van der Waals surface area contributed by atoms with Crippen molar-refractivity contribution in [2.75, 3.05) is 0 Å². The van der Waals surface area contributed by atoms with Crippen LogP contribution in [0.15, 0.2) is 42.5 Å². The van der Waals surface area contributed by atoms with Crippen molar-refractivity contribution < 1.29 is 31.4 Å². The van der Waals surface area contributed by atoms with Crippen molar-refractivity contribution in [1.82, 2.24) is 4.57 Å². The van der Waals surface area contributed by atoms with E-state index in [1.807, 2.05) is 0 Å². The van der Waals surface area contributed by atoms with Gasteiger partial charge in [-0.25, -0.2) is 0 Å². The molecule has 0 saturated carbocycles. The third kappa shape index (κ3) is 4.01. The van der Waals surface area contributed by atoms with Crippen LogP contribution in [0, 0.1) is 5.41 Å². The molecule has 0 saturated heterocycles. The maximum atomic E-state index is 13.0. The molecule has 1 atom stereocenters. The highest BCUT2D eigenvalue weighted by atomic mass is 32.1. The molecule has 3 rings (SSSR count). The van der Waals surface area contributed by atoms with Gasteiger partial charge in [-0.2, -0.15) is 26.3 Å². The molecule has 10 heteroatoms. The first-order valence-electron chi connectivity index (χ1n) is 7.57. The first kappa shape index (κ1) is 19.4. The van der Waals surface area contributed by atoms with Gasteiger partial charge in [-0.15, -0.1) is 0 Å². The van der Waals surface area contributed by atoms with Gasteiger partial charge in [0.15, 0.2) is 4.80 Å². The van der Waals surface area contributed by atoms with Gasteiger partial charge in [-0.1, -0.05) is 23.5 Å². The Balaban J connectivity index is 2.04. The molecule has 0 amide bonds. The number of aliphatic hydroxyl groups is 1. The van der Waals surface area contributed by atoms with Crippen molar-refractivity contribution in [1.29, 1.82) is 5.41 Å². The molecule has 144 valence electrons. The first-order valence-corrected chi connectivity index (χ1v) is 8.39. The summed E-state index contributed by atoms with van der Waals surface area (Å²) >= 11 is 1.09. The van der Waals surface area contributed by atoms with Crippen LogP contribution >= 0.6 is 11.3 Å².